The second-order valence-electron chi connectivity index (χ2n) is 3.54. The molecule has 84 valence electrons. The summed E-state index contributed by atoms with van der Waals surface area (Å²) in [5.74, 6) is 0.830. The third kappa shape index (κ3) is 3.72. The van der Waals surface area contributed by atoms with E-state index in [1.165, 1.54) is 6.07 Å². The average molecular weight is 228 g/mol. The maximum absolute atomic E-state index is 13.4. The van der Waals surface area contributed by atoms with Crippen molar-refractivity contribution in [3.8, 4) is 0 Å². The largest absolute Gasteiger partial charge is 0.398 e. The highest BCUT2D eigenvalue weighted by Gasteiger charge is 2.08. The van der Waals surface area contributed by atoms with Crippen LogP contribution in [0.5, 0.6) is 0 Å². The molecule has 1 rings (SSSR count). The van der Waals surface area contributed by atoms with Crippen molar-refractivity contribution in [3.63, 3.8) is 0 Å². The van der Waals surface area contributed by atoms with Gasteiger partial charge in [-0.05, 0) is 25.4 Å². The smallest absolute Gasteiger partial charge is 0.129 e. The summed E-state index contributed by atoms with van der Waals surface area (Å²) in [5, 5.41) is 0. The van der Waals surface area contributed by atoms with Gasteiger partial charge in [-0.15, -0.1) is 0 Å². The Morgan fingerprint density at radius 2 is 2.20 bits per heavy atom. The van der Waals surface area contributed by atoms with E-state index in [1.54, 1.807) is 23.9 Å². The highest BCUT2D eigenvalue weighted by Crippen LogP contribution is 2.17. The highest BCUT2D eigenvalue weighted by molar-refractivity contribution is 7.98. The van der Waals surface area contributed by atoms with Crippen LogP contribution in [0.1, 0.15) is 5.56 Å². The van der Waals surface area contributed by atoms with Gasteiger partial charge in [0, 0.05) is 30.1 Å². The molecule has 2 nitrogen and oxygen atoms in total. The number of anilines is 1. The molecule has 0 aliphatic carbocycles. The van der Waals surface area contributed by atoms with Gasteiger partial charge in [0.1, 0.15) is 5.82 Å². The maximum Gasteiger partial charge on any atom is 0.129 e. The zero-order chi connectivity index (χ0) is 11.3. The molecular weight excluding hydrogens is 211 g/mol. The van der Waals surface area contributed by atoms with E-state index < -0.39 is 0 Å². The third-order valence-corrected chi connectivity index (χ3v) is 2.85. The molecule has 0 saturated carbocycles. The molecule has 1 aromatic rings. The lowest BCUT2D eigenvalue weighted by Gasteiger charge is -2.17. The summed E-state index contributed by atoms with van der Waals surface area (Å²) in [7, 11) is 1.97. The van der Waals surface area contributed by atoms with Gasteiger partial charge in [0.05, 0.1) is 0 Å². The van der Waals surface area contributed by atoms with E-state index in [9.17, 15) is 4.39 Å². The monoisotopic (exact) mass is 228 g/mol. The Hall–Kier alpha value is -0.740. The molecular formula is C11H17FN2S. The van der Waals surface area contributed by atoms with Crippen molar-refractivity contribution >= 4 is 17.4 Å². The molecule has 0 radical (unpaired) electrons. The van der Waals surface area contributed by atoms with E-state index in [4.69, 9.17) is 5.73 Å². The molecule has 0 aromatic heterocycles. The number of benzene rings is 1. The molecule has 0 unspecified atom stereocenters. The van der Waals surface area contributed by atoms with Crippen molar-refractivity contribution < 1.29 is 4.39 Å². The van der Waals surface area contributed by atoms with E-state index in [2.05, 4.69) is 11.2 Å². The van der Waals surface area contributed by atoms with Crippen molar-refractivity contribution in [3.05, 3.63) is 29.6 Å². The van der Waals surface area contributed by atoms with Crippen LogP contribution < -0.4 is 5.73 Å². The Balaban J connectivity index is 2.63. The van der Waals surface area contributed by atoms with Gasteiger partial charge in [-0.3, -0.25) is 0 Å². The van der Waals surface area contributed by atoms with Gasteiger partial charge in [-0.25, -0.2) is 4.39 Å². The SMILES string of the molecule is CSCCN(C)Cc1c(N)cccc1F. The second kappa shape index (κ2) is 5.98. The van der Waals surface area contributed by atoms with Crippen LogP contribution in [0.4, 0.5) is 10.1 Å². The van der Waals surface area contributed by atoms with Crippen molar-refractivity contribution in [2.75, 3.05) is 31.3 Å². The first-order chi connectivity index (χ1) is 7.15. The summed E-state index contributed by atoms with van der Waals surface area (Å²) in [4.78, 5) is 2.07. The minimum absolute atomic E-state index is 0.217. The maximum atomic E-state index is 13.4. The lowest BCUT2D eigenvalue weighted by molar-refractivity contribution is 0.343. The summed E-state index contributed by atoms with van der Waals surface area (Å²) < 4.78 is 13.4. The summed E-state index contributed by atoms with van der Waals surface area (Å²) >= 11 is 1.78. The average Bonchev–Trinajstić information content (AvgIpc) is 2.21. The molecule has 0 heterocycles. The molecule has 0 atom stereocenters. The van der Waals surface area contributed by atoms with Crippen LogP contribution in [0.25, 0.3) is 0 Å². The molecule has 0 fully saturated rings. The Morgan fingerprint density at radius 3 is 2.80 bits per heavy atom. The molecule has 4 heteroatoms. The Morgan fingerprint density at radius 1 is 1.47 bits per heavy atom. The van der Waals surface area contributed by atoms with E-state index >= 15 is 0 Å². The van der Waals surface area contributed by atoms with Crippen LogP contribution in [0.3, 0.4) is 0 Å². The molecule has 0 aliphatic rings. The van der Waals surface area contributed by atoms with Gasteiger partial charge in [0.15, 0.2) is 0 Å². The third-order valence-electron chi connectivity index (χ3n) is 2.26. The fraction of sp³-hybridized carbons (Fsp3) is 0.455. The molecule has 0 saturated heterocycles. The molecule has 15 heavy (non-hydrogen) atoms. The Labute approximate surface area is 94.6 Å². The first kappa shape index (κ1) is 12.3. The zero-order valence-corrected chi connectivity index (χ0v) is 9.98. The predicted octanol–water partition coefficient (Wildman–Crippen LogP) is 2.20. The van der Waals surface area contributed by atoms with Gasteiger partial charge in [0.25, 0.3) is 0 Å². The van der Waals surface area contributed by atoms with Crippen LogP contribution in [0.2, 0.25) is 0 Å². The van der Waals surface area contributed by atoms with E-state index in [-0.39, 0.29) is 5.82 Å². The highest BCUT2D eigenvalue weighted by atomic mass is 32.2. The number of thioether (sulfide) groups is 1. The first-order valence-electron chi connectivity index (χ1n) is 4.85. The molecule has 0 aliphatic heterocycles. The van der Waals surface area contributed by atoms with Crippen molar-refractivity contribution in [2.45, 2.75) is 6.54 Å². The number of nitrogens with zero attached hydrogens (tertiary/aromatic N) is 1. The zero-order valence-electron chi connectivity index (χ0n) is 9.16. The predicted molar refractivity (Wildman–Crippen MR) is 65.5 cm³/mol. The summed E-state index contributed by atoms with van der Waals surface area (Å²) in [6.07, 6.45) is 2.06. The second-order valence-corrected chi connectivity index (χ2v) is 4.52. The van der Waals surface area contributed by atoms with Crippen molar-refractivity contribution in [1.82, 2.24) is 4.90 Å². The molecule has 0 amide bonds. The van der Waals surface area contributed by atoms with Crippen LogP contribution in [0, 0.1) is 5.82 Å². The standard InChI is InChI=1S/C11H17FN2S/c1-14(6-7-15-2)8-9-10(12)4-3-5-11(9)13/h3-5H,6-8,13H2,1-2H3. The molecule has 0 spiro atoms. The van der Waals surface area contributed by atoms with Gasteiger partial charge in [-0.1, -0.05) is 6.07 Å². The number of halogens is 1. The number of nitrogens with two attached hydrogens (primary N) is 1. The van der Waals surface area contributed by atoms with Gasteiger partial charge in [-0.2, -0.15) is 11.8 Å². The van der Waals surface area contributed by atoms with Crippen LogP contribution in [-0.4, -0.2) is 30.5 Å². The van der Waals surface area contributed by atoms with E-state index in [0.29, 0.717) is 17.8 Å². The van der Waals surface area contributed by atoms with Crippen molar-refractivity contribution in [1.29, 1.82) is 0 Å². The van der Waals surface area contributed by atoms with Gasteiger partial charge < -0.3 is 10.6 Å². The Bertz CT molecular complexity index is 297. The van der Waals surface area contributed by atoms with Gasteiger partial charge >= 0.3 is 0 Å². The quantitative estimate of drug-likeness (QED) is 0.783. The lowest BCUT2D eigenvalue weighted by atomic mass is 10.1. The summed E-state index contributed by atoms with van der Waals surface area (Å²) in [6.45, 7) is 1.51. The fourth-order valence-corrected chi connectivity index (χ4v) is 1.83. The molecule has 2 N–H and O–H groups in total. The molecule has 0 bridgehead atoms. The lowest BCUT2D eigenvalue weighted by Crippen LogP contribution is -2.22. The van der Waals surface area contributed by atoms with Crippen molar-refractivity contribution in [2.24, 2.45) is 0 Å². The van der Waals surface area contributed by atoms with Crippen LogP contribution in [-0.2, 0) is 6.54 Å². The number of hydrogen-bond donors (Lipinski definition) is 1. The fourth-order valence-electron chi connectivity index (χ4n) is 1.34. The molecule has 1 aromatic carbocycles. The normalized spacial score (nSPS) is 10.9. The van der Waals surface area contributed by atoms with Crippen LogP contribution in [0.15, 0.2) is 18.2 Å². The number of rotatable bonds is 5. The first-order valence-corrected chi connectivity index (χ1v) is 6.25. The topological polar surface area (TPSA) is 29.3 Å². The van der Waals surface area contributed by atoms with Gasteiger partial charge in [0.2, 0.25) is 0 Å². The van der Waals surface area contributed by atoms with E-state index in [0.717, 1.165) is 12.3 Å². The number of hydrogen-bond acceptors (Lipinski definition) is 3. The van der Waals surface area contributed by atoms with E-state index in [1.807, 2.05) is 7.05 Å². The summed E-state index contributed by atoms with van der Waals surface area (Å²) in [5.41, 5.74) is 6.86. The van der Waals surface area contributed by atoms with Crippen LogP contribution >= 0.6 is 11.8 Å². The minimum atomic E-state index is -0.217. The minimum Gasteiger partial charge on any atom is -0.398 e. The number of nitrogen functional groups attached to an aromatic ring is 1. The summed E-state index contributed by atoms with van der Waals surface area (Å²) in [6, 6.07) is 4.82. The Kier molecular flexibility index (Phi) is 4.91.